The van der Waals surface area contributed by atoms with Crippen molar-refractivity contribution < 1.29 is 17.9 Å². The lowest BCUT2D eigenvalue weighted by Crippen LogP contribution is -2.24. The summed E-state index contributed by atoms with van der Waals surface area (Å²) in [5.74, 6) is -1.55. The van der Waals surface area contributed by atoms with Gasteiger partial charge in [0.05, 0.1) is 11.7 Å². The number of hydrogen-bond donors (Lipinski definition) is 0. The molecule has 1 aromatic rings. The van der Waals surface area contributed by atoms with E-state index in [1.54, 1.807) is 13.8 Å². The molecule has 6 heteroatoms. The minimum absolute atomic E-state index is 0.0518. The van der Waals surface area contributed by atoms with Gasteiger partial charge in [0.25, 0.3) is 0 Å². The average Bonchev–Trinajstić information content (AvgIpc) is 2.30. The summed E-state index contributed by atoms with van der Waals surface area (Å²) in [7, 11) is -1.84. The Kier molecular flexibility index (Phi) is 5.66. The Morgan fingerprint density at radius 3 is 2.43 bits per heavy atom. The number of halogens is 2. The zero-order valence-electron chi connectivity index (χ0n) is 13.0. The highest BCUT2D eigenvalue weighted by Crippen LogP contribution is 2.24. The van der Waals surface area contributed by atoms with Gasteiger partial charge >= 0.3 is 0 Å². The van der Waals surface area contributed by atoms with E-state index in [2.05, 4.69) is 11.6 Å². The van der Waals surface area contributed by atoms with Gasteiger partial charge in [0.2, 0.25) is 8.32 Å². The number of ether oxygens (including phenoxy) is 1. The molecule has 0 saturated heterocycles. The molecule has 0 aliphatic rings. The molecule has 0 bridgehead atoms. The monoisotopic (exact) mass is 313 g/mol. The van der Waals surface area contributed by atoms with Crippen LogP contribution in [0, 0.1) is 11.6 Å². The Hall–Kier alpha value is -1.69. The van der Waals surface area contributed by atoms with Crippen LogP contribution >= 0.6 is 0 Å². The van der Waals surface area contributed by atoms with E-state index in [4.69, 9.17) is 9.16 Å². The number of benzene rings is 1. The summed E-state index contributed by atoms with van der Waals surface area (Å²) in [5, 5.41) is 0. The molecule has 0 aliphatic heterocycles. The lowest BCUT2D eigenvalue weighted by Gasteiger charge is -2.18. The van der Waals surface area contributed by atoms with E-state index in [9.17, 15) is 8.78 Å². The molecule has 0 N–H and O–H groups in total. The van der Waals surface area contributed by atoms with E-state index in [1.807, 2.05) is 19.6 Å². The van der Waals surface area contributed by atoms with Crippen molar-refractivity contribution in [3.05, 3.63) is 41.8 Å². The molecule has 1 rings (SSSR count). The normalized spacial score (nSPS) is 12.0. The molecule has 1 aromatic carbocycles. The summed E-state index contributed by atoms with van der Waals surface area (Å²) in [6.07, 6.45) is 1.02. The van der Waals surface area contributed by atoms with E-state index < -0.39 is 20.0 Å². The van der Waals surface area contributed by atoms with Gasteiger partial charge in [0, 0.05) is 6.21 Å². The summed E-state index contributed by atoms with van der Waals surface area (Å²) in [5.41, 5.74) is -0.0518. The molecular weight excluding hydrogens is 292 g/mol. The standard InChI is InChI=1S/C15H21F2NO2Si/c1-10(2)19-14-8-7-13(16)15(17)12(14)9-18-11(3)20-21(4,5)6/h7-10H,3H2,1-2,4-6H3. The van der Waals surface area contributed by atoms with Crippen molar-refractivity contribution in [1.82, 2.24) is 0 Å². The van der Waals surface area contributed by atoms with Gasteiger partial charge in [0.1, 0.15) is 5.75 Å². The van der Waals surface area contributed by atoms with Crippen LogP contribution in [0.15, 0.2) is 29.6 Å². The Morgan fingerprint density at radius 1 is 1.29 bits per heavy atom. The largest absolute Gasteiger partial charge is 0.532 e. The molecule has 0 unspecified atom stereocenters. The van der Waals surface area contributed by atoms with Crippen LogP contribution in [-0.4, -0.2) is 20.6 Å². The summed E-state index contributed by atoms with van der Waals surface area (Å²) < 4.78 is 38.2. The van der Waals surface area contributed by atoms with E-state index in [0.717, 1.165) is 6.07 Å². The smallest absolute Gasteiger partial charge is 0.244 e. The third-order valence-corrected chi connectivity index (χ3v) is 3.06. The van der Waals surface area contributed by atoms with E-state index in [-0.39, 0.29) is 23.3 Å². The first-order valence-corrected chi connectivity index (χ1v) is 10.1. The van der Waals surface area contributed by atoms with Gasteiger partial charge in [-0.05, 0) is 52.2 Å². The highest BCUT2D eigenvalue weighted by atomic mass is 28.4. The average molecular weight is 313 g/mol. The lowest BCUT2D eigenvalue weighted by atomic mass is 10.2. The Bertz CT molecular complexity index is 551. The molecule has 3 nitrogen and oxygen atoms in total. The molecular formula is C15H21F2NO2Si. The molecule has 0 aliphatic carbocycles. The maximum atomic E-state index is 13.9. The summed E-state index contributed by atoms with van der Waals surface area (Å²) in [6.45, 7) is 13.2. The first-order chi connectivity index (χ1) is 9.60. The van der Waals surface area contributed by atoms with Crippen molar-refractivity contribution in [2.75, 3.05) is 0 Å². The molecule has 0 heterocycles. The molecule has 0 aromatic heterocycles. The SMILES string of the molecule is C=C(N=Cc1c(OC(C)C)ccc(F)c1F)O[Si](C)(C)C. The van der Waals surface area contributed by atoms with Gasteiger partial charge in [0.15, 0.2) is 17.5 Å². The molecule has 0 saturated carbocycles. The Morgan fingerprint density at radius 2 is 1.90 bits per heavy atom. The van der Waals surface area contributed by atoms with E-state index >= 15 is 0 Å². The summed E-state index contributed by atoms with van der Waals surface area (Å²) >= 11 is 0. The van der Waals surface area contributed by atoms with Crippen molar-refractivity contribution >= 4 is 14.5 Å². The molecule has 0 spiro atoms. The predicted octanol–water partition coefficient (Wildman–Crippen LogP) is 4.49. The second-order valence-corrected chi connectivity index (χ2v) is 10.2. The topological polar surface area (TPSA) is 30.8 Å². The zero-order chi connectivity index (χ0) is 16.2. The van der Waals surface area contributed by atoms with Crippen LogP contribution in [0.3, 0.4) is 0 Å². The van der Waals surface area contributed by atoms with Gasteiger partial charge in [-0.2, -0.15) is 0 Å². The molecule has 116 valence electrons. The van der Waals surface area contributed by atoms with Crippen LogP contribution in [0.1, 0.15) is 19.4 Å². The van der Waals surface area contributed by atoms with Crippen LogP contribution in [-0.2, 0) is 4.43 Å². The molecule has 0 amide bonds. The molecule has 21 heavy (non-hydrogen) atoms. The predicted molar refractivity (Wildman–Crippen MR) is 83.3 cm³/mol. The maximum Gasteiger partial charge on any atom is 0.244 e. The first-order valence-electron chi connectivity index (χ1n) is 6.67. The zero-order valence-corrected chi connectivity index (χ0v) is 14.0. The van der Waals surface area contributed by atoms with Crippen LogP contribution < -0.4 is 4.74 Å². The number of hydrogen-bond acceptors (Lipinski definition) is 3. The summed E-state index contributed by atoms with van der Waals surface area (Å²) in [4.78, 5) is 3.96. The second-order valence-electron chi connectivity index (χ2n) is 5.81. The van der Waals surface area contributed by atoms with Crippen molar-refractivity contribution in [3.63, 3.8) is 0 Å². The Labute approximate surface area is 125 Å². The van der Waals surface area contributed by atoms with Crippen molar-refractivity contribution in [2.24, 2.45) is 4.99 Å². The number of nitrogens with zero attached hydrogens (tertiary/aromatic N) is 1. The fourth-order valence-electron chi connectivity index (χ4n) is 1.54. The van der Waals surface area contributed by atoms with Crippen molar-refractivity contribution in [1.29, 1.82) is 0 Å². The van der Waals surface area contributed by atoms with Crippen LogP contribution in [0.4, 0.5) is 8.78 Å². The van der Waals surface area contributed by atoms with Gasteiger partial charge in [-0.25, -0.2) is 13.8 Å². The van der Waals surface area contributed by atoms with Crippen molar-refractivity contribution in [3.8, 4) is 5.75 Å². The molecule has 0 fully saturated rings. The number of aliphatic imine (C=N–C) groups is 1. The maximum absolute atomic E-state index is 13.9. The van der Waals surface area contributed by atoms with E-state index in [1.165, 1.54) is 12.3 Å². The minimum atomic E-state index is -1.84. The van der Waals surface area contributed by atoms with Crippen LogP contribution in [0.25, 0.3) is 0 Å². The fraction of sp³-hybridized carbons (Fsp3) is 0.400. The molecule has 0 atom stereocenters. The van der Waals surface area contributed by atoms with Gasteiger partial charge in [-0.15, -0.1) is 0 Å². The van der Waals surface area contributed by atoms with Crippen LogP contribution in [0.5, 0.6) is 5.75 Å². The summed E-state index contributed by atoms with van der Waals surface area (Å²) in [6, 6.07) is 2.40. The van der Waals surface area contributed by atoms with Crippen LogP contribution in [0.2, 0.25) is 19.6 Å². The van der Waals surface area contributed by atoms with Crippen molar-refractivity contribution in [2.45, 2.75) is 39.6 Å². The quantitative estimate of drug-likeness (QED) is 0.440. The fourth-order valence-corrected chi connectivity index (χ4v) is 2.30. The van der Waals surface area contributed by atoms with Gasteiger partial charge in [-0.1, -0.05) is 0 Å². The number of rotatable bonds is 6. The highest BCUT2D eigenvalue weighted by molar-refractivity contribution is 6.70. The minimum Gasteiger partial charge on any atom is -0.532 e. The third-order valence-electron chi connectivity index (χ3n) is 2.22. The third kappa shape index (κ3) is 5.67. The van der Waals surface area contributed by atoms with Gasteiger partial charge < -0.3 is 9.16 Å². The first kappa shape index (κ1) is 17.4. The lowest BCUT2D eigenvalue weighted by molar-refractivity contribution is 0.240. The molecule has 0 radical (unpaired) electrons. The van der Waals surface area contributed by atoms with E-state index in [0.29, 0.717) is 0 Å². The second kappa shape index (κ2) is 6.84. The highest BCUT2D eigenvalue weighted by Gasteiger charge is 2.17. The van der Waals surface area contributed by atoms with Gasteiger partial charge in [-0.3, -0.25) is 0 Å². The Balaban J connectivity index is 3.05.